The van der Waals surface area contributed by atoms with E-state index in [0.717, 1.165) is 16.7 Å². The zero-order chi connectivity index (χ0) is 30.3. The molecule has 1 saturated heterocycles. The summed E-state index contributed by atoms with van der Waals surface area (Å²) in [5, 5.41) is 4.48. The number of nitrogens with zero attached hydrogens (tertiary/aromatic N) is 4. The van der Waals surface area contributed by atoms with Gasteiger partial charge >= 0.3 is 0 Å². The average molecular weight is 616 g/mol. The normalized spacial score (nSPS) is 20.7. The van der Waals surface area contributed by atoms with Gasteiger partial charge in [-0.25, -0.2) is 18.7 Å². The van der Waals surface area contributed by atoms with E-state index in [1.165, 1.54) is 4.52 Å². The molecule has 5 atom stereocenters. The summed E-state index contributed by atoms with van der Waals surface area (Å²) in [5.41, 5.74) is 10.1. The average Bonchev–Trinajstić information content (AvgIpc) is 3.61. The summed E-state index contributed by atoms with van der Waals surface area (Å²) in [6.07, 6.45) is -0.668. The Bertz CT molecular complexity index is 1670. The van der Waals surface area contributed by atoms with Crippen LogP contribution in [0.5, 0.6) is 0 Å². The molecule has 1 fully saturated rings. The van der Waals surface area contributed by atoms with Gasteiger partial charge in [0, 0.05) is 0 Å². The molecule has 0 spiro atoms. The van der Waals surface area contributed by atoms with Crippen molar-refractivity contribution >= 4 is 22.5 Å². The molecular formula is C32H33N5O6S. The second kappa shape index (κ2) is 14.2. The van der Waals surface area contributed by atoms with E-state index < -0.39 is 35.5 Å². The zero-order valence-electron chi connectivity index (χ0n) is 23.8. The molecular weight excluding hydrogens is 582 g/mol. The van der Waals surface area contributed by atoms with Gasteiger partial charge in [-0.2, -0.15) is 0 Å². The molecule has 44 heavy (non-hydrogen) atoms. The van der Waals surface area contributed by atoms with Crippen LogP contribution in [-0.2, 0) is 55.6 Å². The predicted molar refractivity (Wildman–Crippen MR) is 163 cm³/mol. The van der Waals surface area contributed by atoms with Crippen molar-refractivity contribution in [3.63, 3.8) is 0 Å². The SMILES string of the molecule is Nc1nc(CS(=O)O)nn2c([C@@H]3O[C@H](COCc4ccccc4)[C@@H](OCc4ccccc4)[C@H]3OCc3ccccc3)cnc12. The standard InChI is InChI=1S/C32H33N5O6S/c33-31-32-34-16-25(37(32)36-27(35-31)21-44(38)39)28-30(42-19-24-14-8-3-9-15-24)29(41-18-23-12-6-2-7-13-23)26(43-28)20-40-17-22-10-4-1-5-11-22/h1-16,26,28-30H,17-21H2,(H,38,39)(H2,33,35,36)/t26-,28+,29-,30+/m1/s1. The fourth-order valence-corrected chi connectivity index (χ4v) is 5.56. The number of benzene rings is 3. The van der Waals surface area contributed by atoms with Crippen molar-refractivity contribution < 1.29 is 27.7 Å². The van der Waals surface area contributed by atoms with Gasteiger partial charge in [0.2, 0.25) is 0 Å². The Hall–Kier alpha value is -4.04. The summed E-state index contributed by atoms with van der Waals surface area (Å²) in [6, 6.07) is 29.7. The van der Waals surface area contributed by atoms with Crippen LogP contribution < -0.4 is 5.73 Å². The summed E-state index contributed by atoms with van der Waals surface area (Å²) in [7, 11) is 0. The molecule has 6 rings (SSSR count). The number of fused-ring (bicyclic) bond motifs is 1. The molecule has 1 unspecified atom stereocenters. The number of ether oxygens (including phenoxy) is 4. The first kappa shape index (κ1) is 30.0. The largest absolute Gasteiger partial charge is 0.380 e. The number of aromatic nitrogens is 4. The second-order valence-corrected chi connectivity index (χ2v) is 11.3. The molecule has 2 aromatic heterocycles. The first-order valence-corrected chi connectivity index (χ1v) is 15.5. The molecule has 1 aliphatic heterocycles. The highest BCUT2D eigenvalue weighted by Gasteiger charge is 2.48. The van der Waals surface area contributed by atoms with E-state index in [4.69, 9.17) is 24.7 Å². The minimum Gasteiger partial charge on any atom is -0.380 e. The molecule has 0 saturated carbocycles. The van der Waals surface area contributed by atoms with Gasteiger partial charge in [0.25, 0.3) is 0 Å². The molecule has 12 heteroatoms. The molecule has 228 valence electrons. The fourth-order valence-electron chi connectivity index (χ4n) is 5.22. The number of nitrogen functional groups attached to an aromatic ring is 1. The lowest BCUT2D eigenvalue weighted by Gasteiger charge is -2.25. The Labute approximate surface area is 257 Å². The van der Waals surface area contributed by atoms with Gasteiger partial charge in [0.15, 0.2) is 28.4 Å². The first-order chi connectivity index (χ1) is 21.5. The summed E-state index contributed by atoms with van der Waals surface area (Å²) < 4.78 is 48.5. The summed E-state index contributed by atoms with van der Waals surface area (Å²) in [4.78, 5) is 8.60. The number of anilines is 1. The smallest absolute Gasteiger partial charge is 0.196 e. The van der Waals surface area contributed by atoms with Gasteiger partial charge in [0.1, 0.15) is 30.2 Å². The Balaban J connectivity index is 1.33. The van der Waals surface area contributed by atoms with Crippen LogP contribution in [0.4, 0.5) is 5.82 Å². The quantitative estimate of drug-likeness (QED) is 0.185. The molecule has 5 aromatic rings. The molecule has 0 radical (unpaired) electrons. The molecule has 3 aromatic carbocycles. The van der Waals surface area contributed by atoms with E-state index in [-0.39, 0.29) is 24.0 Å². The number of nitrogens with two attached hydrogens (primary N) is 1. The van der Waals surface area contributed by atoms with Gasteiger partial charge in [0.05, 0.1) is 38.3 Å². The van der Waals surface area contributed by atoms with Gasteiger partial charge in [-0.05, 0) is 16.7 Å². The molecule has 0 bridgehead atoms. The Morgan fingerprint density at radius 2 is 1.41 bits per heavy atom. The molecule has 0 amide bonds. The van der Waals surface area contributed by atoms with Crippen molar-refractivity contribution in [2.75, 3.05) is 12.3 Å². The van der Waals surface area contributed by atoms with Crippen molar-refractivity contribution in [3.05, 3.63) is 125 Å². The maximum atomic E-state index is 11.5. The molecule has 3 heterocycles. The highest BCUT2D eigenvalue weighted by molar-refractivity contribution is 7.78. The van der Waals surface area contributed by atoms with E-state index >= 15 is 0 Å². The third kappa shape index (κ3) is 7.18. The molecule has 1 aliphatic rings. The number of imidazole rings is 1. The van der Waals surface area contributed by atoms with Gasteiger partial charge < -0.3 is 29.2 Å². The molecule has 11 nitrogen and oxygen atoms in total. The minimum absolute atomic E-state index is 0.0890. The Morgan fingerprint density at radius 3 is 2.00 bits per heavy atom. The molecule has 0 aliphatic carbocycles. The van der Waals surface area contributed by atoms with E-state index in [0.29, 0.717) is 31.2 Å². The van der Waals surface area contributed by atoms with Crippen LogP contribution in [0, 0.1) is 0 Å². The number of hydrogen-bond donors (Lipinski definition) is 2. The van der Waals surface area contributed by atoms with Crippen LogP contribution in [0.15, 0.2) is 97.2 Å². The molecule has 3 N–H and O–H groups in total. The number of hydrogen-bond acceptors (Lipinski definition) is 9. The van der Waals surface area contributed by atoms with E-state index in [9.17, 15) is 8.76 Å². The van der Waals surface area contributed by atoms with Crippen molar-refractivity contribution in [3.8, 4) is 0 Å². The Morgan fingerprint density at radius 1 is 0.841 bits per heavy atom. The van der Waals surface area contributed by atoms with E-state index in [2.05, 4.69) is 15.1 Å². The highest BCUT2D eigenvalue weighted by atomic mass is 32.2. The third-order valence-electron chi connectivity index (χ3n) is 7.28. The summed E-state index contributed by atoms with van der Waals surface area (Å²) >= 11 is -2.15. The van der Waals surface area contributed by atoms with E-state index in [1.54, 1.807) is 6.20 Å². The van der Waals surface area contributed by atoms with E-state index in [1.807, 2.05) is 91.0 Å². The summed E-state index contributed by atoms with van der Waals surface area (Å²) in [5.74, 6) is -0.0868. The monoisotopic (exact) mass is 615 g/mol. The van der Waals surface area contributed by atoms with Gasteiger partial charge in [-0.1, -0.05) is 91.0 Å². The number of rotatable bonds is 13. The fraction of sp³-hybridized carbons (Fsp3) is 0.281. The van der Waals surface area contributed by atoms with Gasteiger partial charge in [-0.15, -0.1) is 5.10 Å². The van der Waals surface area contributed by atoms with Crippen LogP contribution >= 0.6 is 0 Å². The Kier molecular flexibility index (Phi) is 9.66. The van der Waals surface area contributed by atoms with Gasteiger partial charge in [-0.3, -0.25) is 0 Å². The van der Waals surface area contributed by atoms with Crippen molar-refractivity contribution in [2.24, 2.45) is 0 Å². The topological polar surface area (TPSA) is 143 Å². The van der Waals surface area contributed by atoms with Crippen LogP contribution in [0.1, 0.15) is 34.3 Å². The van der Waals surface area contributed by atoms with Crippen molar-refractivity contribution in [1.29, 1.82) is 0 Å². The predicted octanol–water partition coefficient (Wildman–Crippen LogP) is 4.26. The summed E-state index contributed by atoms with van der Waals surface area (Å²) in [6.45, 7) is 1.32. The lowest BCUT2D eigenvalue weighted by atomic mass is 10.0. The van der Waals surface area contributed by atoms with Crippen LogP contribution in [0.25, 0.3) is 5.65 Å². The first-order valence-electron chi connectivity index (χ1n) is 14.2. The second-order valence-electron chi connectivity index (χ2n) is 10.4. The third-order valence-corrected chi connectivity index (χ3v) is 7.78. The van der Waals surface area contributed by atoms with Crippen molar-refractivity contribution in [2.45, 2.75) is 50.0 Å². The maximum absolute atomic E-state index is 11.5. The minimum atomic E-state index is -2.15. The van der Waals surface area contributed by atoms with Crippen LogP contribution in [0.2, 0.25) is 0 Å². The highest BCUT2D eigenvalue weighted by Crippen LogP contribution is 2.39. The maximum Gasteiger partial charge on any atom is 0.196 e. The van der Waals surface area contributed by atoms with Crippen LogP contribution in [-0.4, -0.2) is 53.3 Å². The lowest BCUT2D eigenvalue weighted by molar-refractivity contribution is -0.0898. The van der Waals surface area contributed by atoms with Crippen molar-refractivity contribution in [1.82, 2.24) is 19.6 Å². The van der Waals surface area contributed by atoms with Crippen LogP contribution in [0.3, 0.4) is 0 Å². The zero-order valence-corrected chi connectivity index (χ0v) is 24.7. The lowest BCUT2D eigenvalue weighted by Crippen LogP contribution is -2.38.